The Kier molecular flexibility index (Phi) is 4.30. The molecule has 1 atom stereocenters. The third kappa shape index (κ3) is 2.80. The summed E-state index contributed by atoms with van der Waals surface area (Å²) in [5.41, 5.74) is 3.00. The van der Waals surface area contributed by atoms with Gasteiger partial charge in [0.1, 0.15) is 0 Å². The van der Waals surface area contributed by atoms with Crippen molar-refractivity contribution in [1.82, 2.24) is 4.90 Å². The molecule has 2 heterocycles. The summed E-state index contributed by atoms with van der Waals surface area (Å²) < 4.78 is 0. The summed E-state index contributed by atoms with van der Waals surface area (Å²) in [6.45, 7) is 5.91. The normalized spacial score (nSPS) is 23.9. The zero-order valence-corrected chi connectivity index (χ0v) is 13.5. The van der Waals surface area contributed by atoms with Crippen molar-refractivity contribution < 1.29 is 9.59 Å². The largest absolute Gasteiger partial charge is 0.292 e. The maximum Gasteiger partial charge on any atom is 0.251 e. The van der Waals surface area contributed by atoms with Crippen LogP contribution in [0.25, 0.3) is 0 Å². The van der Waals surface area contributed by atoms with Gasteiger partial charge in [0.2, 0.25) is 5.91 Å². The second-order valence-electron chi connectivity index (χ2n) is 6.51. The second-order valence-corrected chi connectivity index (χ2v) is 6.51. The molecule has 1 aromatic rings. The number of hydrogen-bond donors (Lipinski definition) is 0. The van der Waals surface area contributed by atoms with Crippen molar-refractivity contribution in [3.63, 3.8) is 0 Å². The lowest BCUT2D eigenvalue weighted by Crippen LogP contribution is -2.42. The summed E-state index contributed by atoms with van der Waals surface area (Å²) in [6, 6.07) is 5.54. The molecule has 2 saturated heterocycles. The van der Waals surface area contributed by atoms with Gasteiger partial charge >= 0.3 is 0 Å². The Morgan fingerprint density at radius 1 is 0.955 bits per heavy atom. The Labute approximate surface area is 132 Å². The fourth-order valence-corrected chi connectivity index (χ4v) is 3.44. The molecule has 0 N–H and O–H groups in total. The number of carbonyl (C=O) groups excluding carboxylic acids is 2. The van der Waals surface area contributed by atoms with Gasteiger partial charge in [0.15, 0.2) is 0 Å². The number of nitrogens with zero attached hydrogens (tertiary/aromatic N) is 2. The van der Waals surface area contributed by atoms with Crippen molar-refractivity contribution in [1.29, 1.82) is 0 Å². The van der Waals surface area contributed by atoms with Crippen LogP contribution < -0.4 is 4.90 Å². The van der Waals surface area contributed by atoms with Gasteiger partial charge in [-0.2, -0.15) is 0 Å². The number of imide groups is 1. The molecular formula is C18H24N2O2. The predicted octanol–water partition coefficient (Wildman–Crippen LogP) is 2.81. The zero-order chi connectivity index (χ0) is 15.7. The highest BCUT2D eigenvalue weighted by Gasteiger charge is 2.42. The van der Waals surface area contributed by atoms with Crippen LogP contribution in [0.15, 0.2) is 18.2 Å². The van der Waals surface area contributed by atoms with Crippen LogP contribution in [0.3, 0.4) is 0 Å². The smallest absolute Gasteiger partial charge is 0.251 e. The van der Waals surface area contributed by atoms with Crippen molar-refractivity contribution in [3.8, 4) is 0 Å². The molecule has 118 valence electrons. The van der Waals surface area contributed by atoms with Crippen LogP contribution >= 0.6 is 0 Å². The number of carbonyl (C=O) groups is 2. The van der Waals surface area contributed by atoms with E-state index in [1.807, 2.05) is 32.0 Å². The molecule has 0 radical (unpaired) electrons. The number of amides is 2. The predicted molar refractivity (Wildman–Crippen MR) is 86.9 cm³/mol. The number of hydrogen-bond acceptors (Lipinski definition) is 3. The molecule has 2 amide bonds. The number of rotatable bonds is 2. The quantitative estimate of drug-likeness (QED) is 0.789. The topological polar surface area (TPSA) is 40.6 Å². The highest BCUT2D eigenvalue weighted by atomic mass is 16.2. The number of anilines is 1. The van der Waals surface area contributed by atoms with Gasteiger partial charge in [-0.1, -0.05) is 18.9 Å². The first kappa shape index (κ1) is 15.2. The Morgan fingerprint density at radius 2 is 1.64 bits per heavy atom. The highest BCUT2D eigenvalue weighted by molar-refractivity contribution is 6.22. The number of benzene rings is 1. The molecule has 1 aromatic carbocycles. The fraction of sp³-hybridized carbons (Fsp3) is 0.556. The maximum absolute atomic E-state index is 12.8. The van der Waals surface area contributed by atoms with Crippen molar-refractivity contribution in [2.45, 2.75) is 52.0 Å². The summed E-state index contributed by atoms with van der Waals surface area (Å²) in [7, 11) is 0. The molecule has 3 rings (SSSR count). The Balaban J connectivity index is 1.83. The van der Waals surface area contributed by atoms with Crippen LogP contribution in [0.2, 0.25) is 0 Å². The number of likely N-dealkylation sites (tertiary alicyclic amines) is 1. The molecule has 4 nitrogen and oxygen atoms in total. The molecule has 0 spiro atoms. The first-order valence-corrected chi connectivity index (χ1v) is 8.26. The summed E-state index contributed by atoms with van der Waals surface area (Å²) in [4.78, 5) is 28.8. The van der Waals surface area contributed by atoms with Gasteiger partial charge in [-0.25, -0.2) is 4.90 Å². The van der Waals surface area contributed by atoms with E-state index in [4.69, 9.17) is 0 Å². The molecule has 2 aliphatic heterocycles. The molecule has 0 aliphatic carbocycles. The minimum atomic E-state index is -0.257. The summed E-state index contributed by atoms with van der Waals surface area (Å²) in [5.74, 6) is -0.113. The minimum Gasteiger partial charge on any atom is -0.292 e. The molecule has 0 saturated carbocycles. The summed E-state index contributed by atoms with van der Waals surface area (Å²) >= 11 is 0. The molecule has 0 unspecified atom stereocenters. The van der Waals surface area contributed by atoms with Crippen molar-refractivity contribution in [2.75, 3.05) is 18.0 Å². The van der Waals surface area contributed by atoms with Gasteiger partial charge in [-0.15, -0.1) is 0 Å². The molecule has 0 aromatic heterocycles. The van der Waals surface area contributed by atoms with E-state index in [1.165, 1.54) is 23.3 Å². The van der Waals surface area contributed by atoms with E-state index in [9.17, 15) is 9.59 Å². The van der Waals surface area contributed by atoms with Crippen molar-refractivity contribution in [3.05, 3.63) is 29.3 Å². The number of aryl methyl sites for hydroxylation is 2. The SMILES string of the molecule is Cc1ccc(N2C(=O)C[C@H](N3CCCCCC3)C2=O)cc1C. The van der Waals surface area contributed by atoms with Gasteiger partial charge in [-0.3, -0.25) is 14.5 Å². The van der Waals surface area contributed by atoms with E-state index in [-0.39, 0.29) is 17.9 Å². The lowest BCUT2D eigenvalue weighted by Gasteiger charge is -2.25. The average Bonchev–Trinajstić information content (AvgIpc) is 2.70. The summed E-state index contributed by atoms with van der Waals surface area (Å²) in [6.07, 6.45) is 5.04. The molecule has 2 aliphatic rings. The van der Waals surface area contributed by atoms with Crippen molar-refractivity contribution >= 4 is 17.5 Å². The van der Waals surface area contributed by atoms with Gasteiger partial charge in [0, 0.05) is 0 Å². The van der Waals surface area contributed by atoms with Gasteiger partial charge in [0.25, 0.3) is 5.91 Å². The molecule has 22 heavy (non-hydrogen) atoms. The summed E-state index contributed by atoms with van der Waals surface area (Å²) in [5, 5.41) is 0. The monoisotopic (exact) mass is 300 g/mol. The fourth-order valence-electron chi connectivity index (χ4n) is 3.44. The standard InChI is InChI=1S/C18H24N2O2/c1-13-7-8-15(11-14(13)2)20-17(21)12-16(18(20)22)19-9-5-3-4-6-10-19/h7-8,11,16H,3-6,9-10,12H2,1-2H3/t16-/m0/s1. The van der Waals surface area contributed by atoms with Crippen LogP contribution in [-0.4, -0.2) is 35.8 Å². The van der Waals surface area contributed by atoms with Gasteiger partial charge in [0.05, 0.1) is 18.2 Å². The van der Waals surface area contributed by atoms with Crippen molar-refractivity contribution in [2.24, 2.45) is 0 Å². The highest BCUT2D eigenvalue weighted by Crippen LogP contribution is 2.28. The first-order valence-electron chi connectivity index (χ1n) is 8.26. The zero-order valence-electron chi connectivity index (χ0n) is 13.5. The molecular weight excluding hydrogens is 276 g/mol. The van der Waals surface area contributed by atoms with Crippen LogP contribution in [0, 0.1) is 13.8 Å². The van der Waals surface area contributed by atoms with E-state index in [0.717, 1.165) is 37.2 Å². The minimum absolute atomic E-state index is 0.0462. The molecule has 4 heteroatoms. The lowest BCUT2D eigenvalue weighted by molar-refractivity contribution is -0.122. The second kappa shape index (κ2) is 6.21. The average molecular weight is 300 g/mol. The van der Waals surface area contributed by atoms with Gasteiger partial charge in [-0.05, 0) is 63.0 Å². The van der Waals surface area contributed by atoms with E-state index in [2.05, 4.69) is 4.90 Å². The Hall–Kier alpha value is -1.68. The maximum atomic E-state index is 12.8. The third-order valence-electron chi connectivity index (χ3n) is 4.95. The van der Waals surface area contributed by atoms with Crippen LogP contribution in [0.5, 0.6) is 0 Å². The molecule has 2 fully saturated rings. The van der Waals surface area contributed by atoms with Crippen LogP contribution in [-0.2, 0) is 9.59 Å². The lowest BCUT2D eigenvalue weighted by atomic mass is 10.1. The molecule has 0 bridgehead atoms. The van der Waals surface area contributed by atoms with E-state index in [0.29, 0.717) is 6.42 Å². The Bertz CT molecular complexity index is 589. The van der Waals surface area contributed by atoms with Gasteiger partial charge < -0.3 is 0 Å². The third-order valence-corrected chi connectivity index (χ3v) is 4.95. The van der Waals surface area contributed by atoms with E-state index >= 15 is 0 Å². The Morgan fingerprint density at radius 3 is 2.27 bits per heavy atom. The van der Waals surface area contributed by atoms with E-state index in [1.54, 1.807) is 0 Å². The van der Waals surface area contributed by atoms with E-state index < -0.39 is 0 Å². The van der Waals surface area contributed by atoms with Crippen LogP contribution in [0.4, 0.5) is 5.69 Å². The first-order chi connectivity index (χ1) is 10.6. The van der Waals surface area contributed by atoms with Crippen LogP contribution in [0.1, 0.15) is 43.2 Å².